The number of methoxy groups -OCH3 is 1. The summed E-state index contributed by atoms with van der Waals surface area (Å²) in [5.41, 5.74) is -6.36. The number of hydrogen-bond donors (Lipinski definition) is 1. The molecule has 6 rings (SSSR count). The molecule has 1 N–H and O–H groups in total. The predicted octanol–water partition coefficient (Wildman–Crippen LogP) is 3.42. The number of ketones is 1. The lowest BCUT2D eigenvalue weighted by Gasteiger charge is -2.68. The highest BCUT2D eigenvalue weighted by Crippen LogP contribution is 2.73. The Balaban J connectivity index is 1.54. The fraction of sp³-hybridized carbons (Fsp3) is 0.519. The summed E-state index contributed by atoms with van der Waals surface area (Å²) in [4.78, 5) is 39.6. The van der Waals surface area contributed by atoms with Crippen molar-refractivity contribution in [1.82, 2.24) is 0 Å². The molecule has 3 heterocycles. The average molecular weight is 497 g/mol. The second-order valence-corrected chi connectivity index (χ2v) is 11.2. The van der Waals surface area contributed by atoms with Gasteiger partial charge in [0.25, 0.3) is 0 Å². The van der Waals surface area contributed by atoms with Crippen molar-refractivity contribution in [3.8, 4) is 22.8 Å². The van der Waals surface area contributed by atoms with Crippen molar-refractivity contribution in [2.75, 3.05) is 7.11 Å². The number of benzene rings is 1. The zero-order chi connectivity index (χ0) is 25.9. The molecule has 9 nitrogen and oxygen atoms in total. The highest BCUT2D eigenvalue weighted by molar-refractivity contribution is 5.95. The van der Waals surface area contributed by atoms with E-state index in [1.54, 1.807) is 65.1 Å². The average Bonchev–Trinajstić information content (AvgIpc) is 2.95. The van der Waals surface area contributed by atoms with Crippen LogP contribution in [0.2, 0.25) is 0 Å². The summed E-state index contributed by atoms with van der Waals surface area (Å²) < 4.78 is 29.1. The van der Waals surface area contributed by atoms with E-state index in [9.17, 15) is 19.5 Å². The van der Waals surface area contributed by atoms with Gasteiger partial charge in [-0.3, -0.25) is 4.79 Å². The number of carbonyl (C=O) groups excluding carboxylic acids is 2. The first-order chi connectivity index (χ1) is 16.9. The summed E-state index contributed by atoms with van der Waals surface area (Å²) in [5.74, 6) is 0.873. The Morgan fingerprint density at radius 3 is 2.28 bits per heavy atom. The minimum atomic E-state index is -1.54. The maximum atomic E-state index is 13.4. The largest absolute Gasteiger partial charge is 0.509 e. The summed E-state index contributed by atoms with van der Waals surface area (Å²) in [5, 5.41) is 11.4. The van der Waals surface area contributed by atoms with Crippen LogP contribution in [-0.4, -0.2) is 47.1 Å². The molecule has 0 amide bonds. The molecule has 2 aliphatic carbocycles. The van der Waals surface area contributed by atoms with Crippen molar-refractivity contribution in [2.45, 2.75) is 69.9 Å². The smallest absolute Gasteiger partial charge is 0.497 e. The van der Waals surface area contributed by atoms with Crippen LogP contribution in [0.3, 0.4) is 0 Å². The molecule has 36 heavy (non-hydrogen) atoms. The van der Waals surface area contributed by atoms with E-state index in [4.69, 9.17) is 23.4 Å². The Kier molecular flexibility index (Phi) is 4.30. The van der Waals surface area contributed by atoms with Gasteiger partial charge in [-0.1, -0.05) is 0 Å². The molecule has 4 aliphatic rings. The van der Waals surface area contributed by atoms with Gasteiger partial charge in [0.05, 0.1) is 23.5 Å². The maximum absolute atomic E-state index is 13.4. The van der Waals surface area contributed by atoms with E-state index in [1.165, 1.54) is 0 Å². The monoisotopic (exact) mass is 496 g/mol. The van der Waals surface area contributed by atoms with Crippen molar-refractivity contribution in [1.29, 1.82) is 0 Å². The molecule has 0 radical (unpaired) electrons. The molecule has 2 aromatic rings. The van der Waals surface area contributed by atoms with Gasteiger partial charge in [0.15, 0.2) is 11.4 Å². The van der Waals surface area contributed by atoms with Gasteiger partial charge in [-0.15, -0.1) is 0 Å². The molecule has 9 heteroatoms. The van der Waals surface area contributed by atoms with E-state index in [1.807, 2.05) is 0 Å². The van der Waals surface area contributed by atoms with Crippen LogP contribution in [0.15, 0.2) is 39.5 Å². The molecule has 0 unspecified atom stereocenters. The van der Waals surface area contributed by atoms with E-state index >= 15 is 0 Å². The van der Waals surface area contributed by atoms with Crippen molar-refractivity contribution < 1.29 is 38.1 Å². The molecule has 1 aromatic heterocycles. The summed E-state index contributed by atoms with van der Waals surface area (Å²) in [6.07, 6.45) is -1.86. The summed E-state index contributed by atoms with van der Waals surface area (Å²) in [6.45, 7) is 6.88. The zero-order valence-corrected chi connectivity index (χ0v) is 20.8. The van der Waals surface area contributed by atoms with Crippen LogP contribution in [0.25, 0.3) is 11.3 Å². The predicted molar refractivity (Wildman–Crippen MR) is 125 cm³/mol. The van der Waals surface area contributed by atoms with Crippen LogP contribution in [0.1, 0.15) is 46.1 Å². The lowest BCUT2D eigenvalue weighted by molar-refractivity contribution is -0.347. The molecule has 1 saturated heterocycles. The molecule has 2 saturated carbocycles. The molecule has 1 aromatic carbocycles. The number of carbonyl (C=O) groups is 2. The Labute approximate surface area is 207 Å². The number of aliphatic hydroxyl groups is 1. The molecule has 190 valence electrons. The third-order valence-electron chi connectivity index (χ3n) is 9.57. The van der Waals surface area contributed by atoms with Crippen molar-refractivity contribution >= 4 is 11.9 Å². The Morgan fingerprint density at radius 1 is 0.944 bits per heavy atom. The SMILES string of the molecule is COc1ccc(-c2cc3c(c(=O)o2)C[C@@]24OC(=O)O[C@]5(CC[C@@]2(C)O3)C(C)(C)C(=O)[C@@H](O)[C@]45C)cc1. The van der Waals surface area contributed by atoms with E-state index in [-0.39, 0.29) is 18.4 Å². The first kappa shape index (κ1) is 23.1. The van der Waals surface area contributed by atoms with Gasteiger partial charge in [-0.05, 0) is 64.8 Å². The summed E-state index contributed by atoms with van der Waals surface area (Å²) in [6, 6.07) is 8.72. The zero-order valence-electron chi connectivity index (χ0n) is 20.8. The third kappa shape index (κ3) is 2.33. The Morgan fingerprint density at radius 2 is 1.61 bits per heavy atom. The van der Waals surface area contributed by atoms with Crippen LogP contribution in [-0.2, 0) is 20.7 Å². The number of rotatable bonds is 2. The van der Waals surface area contributed by atoms with Crippen molar-refractivity contribution in [2.24, 2.45) is 10.8 Å². The van der Waals surface area contributed by atoms with Crippen molar-refractivity contribution in [3.63, 3.8) is 0 Å². The van der Waals surface area contributed by atoms with Gasteiger partial charge in [-0.2, -0.15) is 0 Å². The fourth-order valence-corrected chi connectivity index (χ4v) is 7.44. The van der Waals surface area contributed by atoms with E-state index < -0.39 is 51.3 Å². The minimum absolute atomic E-state index is 0.0855. The molecule has 2 aliphatic heterocycles. The number of aliphatic hydroxyl groups excluding tert-OH is 1. The van der Waals surface area contributed by atoms with Gasteiger partial charge in [0.2, 0.25) is 0 Å². The summed E-state index contributed by atoms with van der Waals surface area (Å²) in [7, 11) is 1.57. The van der Waals surface area contributed by atoms with Crippen LogP contribution in [0, 0.1) is 10.8 Å². The van der Waals surface area contributed by atoms with Crippen molar-refractivity contribution in [3.05, 3.63) is 46.3 Å². The highest BCUT2D eigenvalue weighted by atomic mass is 16.8. The first-order valence-corrected chi connectivity index (χ1v) is 12.0. The van der Waals surface area contributed by atoms with Gasteiger partial charge >= 0.3 is 11.8 Å². The van der Waals surface area contributed by atoms with Crippen LogP contribution in [0.4, 0.5) is 4.79 Å². The normalized spacial score (nSPS) is 37.6. The minimum Gasteiger partial charge on any atom is -0.497 e. The van der Waals surface area contributed by atoms with E-state index in [0.717, 1.165) is 0 Å². The van der Waals surface area contributed by atoms with E-state index in [2.05, 4.69) is 0 Å². The standard InChI is InChI=1S/C27H28O9/c1-23(2)19(28)20(29)25(4)26(23)11-10-24(3)27(25,36-22(31)35-26)13-16-18(34-24)12-17(33-21(16)30)14-6-8-15(32-5)9-7-14/h6-9,12,20,29H,10-11,13H2,1-5H3/t20-,24-,25+,26-,27-/m1/s1. The third-order valence-corrected chi connectivity index (χ3v) is 9.57. The van der Waals surface area contributed by atoms with E-state index in [0.29, 0.717) is 29.2 Å². The fourth-order valence-electron chi connectivity index (χ4n) is 7.44. The van der Waals surface area contributed by atoms with Crippen LogP contribution < -0.4 is 15.1 Å². The molecule has 2 bridgehead atoms. The first-order valence-electron chi connectivity index (χ1n) is 12.0. The van der Waals surface area contributed by atoms with Gasteiger partial charge < -0.3 is 28.5 Å². The van der Waals surface area contributed by atoms with Crippen LogP contribution >= 0.6 is 0 Å². The molecular formula is C27H28O9. The maximum Gasteiger partial charge on any atom is 0.509 e. The van der Waals surface area contributed by atoms with Gasteiger partial charge in [0, 0.05) is 18.1 Å². The molecule has 3 fully saturated rings. The molecule has 1 spiro atoms. The van der Waals surface area contributed by atoms with Gasteiger partial charge in [0.1, 0.15) is 34.6 Å². The summed E-state index contributed by atoms with van der Waals surface area (Å²) >= 11 is 0. The number of ether oxygens (including phenoxy) is 4. The Bertz CT molecular complexity index is 1370. The highest BCUT2D eigenvalue weighted by Gasteiger charge is 2.88. The lowest BCUT2D eigenvalue weighted by Crippen LogP contribution is -2.82. The second-order valence-electron chi connectivity index (χ2n) is 11.2. The topological polar surface area (TPSA) is 122 Å². The number of hydrogen-bond acceptors (Lipinski definition) is 9. The number of fused-ring (bicyclic) bond motifs is 1. The molecule has 5 atom stereocenters. The van der Waals surface area contributed by atoms with Gasteiger partial charge in [-0.25, -0.2) is 9.59 Å². The van der Waals surface area contributed by atoms with Crippen LogP contribution in [0.5, 0.6) is 11.5 Å². The second kappa shape index (κ2) is 6.70. The number of Topliss-reactive ketones (excluding diaryl/α,β-unsaturated/α-hetero) is 1. The lowest BCUT2D eigenvalue weighted by atomic mass is 9.46. The molecular weight excluding hydrogens is 468 g/mol. The Hall–Kier alpha value is -3.33. The quantitative estimate of drug-likeness (QED) is 0.623.